The number of carbonyl (C=O) groups is 1. The van der Waals surface area contributed by atoms with Crippen molar-refractivity contribution in [2.45, 2.75) is 46.7 Å². The number of hydrogen-bond donors (Lipinski definition) is 1. The number of rotatable bonds is 9. The van der Waals surface area contributed by atoms with E-state index in [2.05, 4.69) is 18.9 Å². The van der Waals surface area contributed by atoms with E-state index < -0.39 is 0 Å². The minimum absolute atomic E-state index is 0.0458. The second kappa shape index (κ2) is 10.9. The lowest BCUT2D eigenvalue weighted by atomic mass is 9.96. The van der Waals surface area contributed by atoms with Crippen molar-refractivity contribution in [2.24, 2.45) is 11.7 Å². The predicted octanol–water partition coefficient (Wildman–Crippen LogP) is 4.35. The van der Waals surface area contributed by atoms with Crippen LogP contribution in [-0.2, 0) is 6.54 Å². The summed E-state index contributed by atoms with van der Waals surface area (Å²) in [5, 5.41) is 4.43. The summed E-state index contributed by atoms with van der Waals surface area (Å²) < 4.78 is 3.21. The number of aromatic nitrogens is 3. The standard InChI is InChI=1S/C29H35N5O2/c1-20(2)27(32(15-9-14-30)28(35)24-13-8-10-21(3)16-24)26-18-25-17-22(4)31-34(25)29(36)33(26)19-23-11-6-5-7-12-23/h5-8,10-13,16-18,20,27H,9,14-15,19,30H2,1-4H3/t27-/m1/s1. The Morgan fingerprint density at radius 3 is 2.44 bits per heavy atom. The first-order chi connectivity index (χ1) is 17.3. The van der Waals surface area contributed by atoms with Gasteiger partial charge in [0.15, 0.2) is 0 Å². The zero-order valence-electron chi connectivity index (χ0n) is 21.5. The number of nitrogens with zero attached hydrogens (tertiary/aromatic N) is 4. The molecule has 4 aromatic rings. The molecule has 0 bridgehead atoms. The van der Waals surface area contributed by atoms with Crippen LogP contribution in [0, 0.1) is 19.8 Å². The Labute approximate surface area is 212 Å². The maximum absolute atomic E-state index is 13.9. The van der Waals surface area contributed by atoms with Gasteiger partial charge >= 0.3 is 5.69 Å². The van der Waals surface area contributed by atoms with E-state index in [4.69, 9.17) is 5.73 Å². The zero-order valence-corrected chi connectivity index (χ0v) is 21.5. The van der Waals surface area contributed by atoms with Gasteiger partial charge in [-0.2, -0.15) is 9.61 Å². The number of fused-ring (bicyclic) bond motifs is 1. The third kappa shape index (κ3) is 5.26. The lowest BCUT2D eigenvalue weighted by Gasteiger charge is -2.36. The molecule has 0 fully saturated rings. The van der Waals surface area contributed by atoms with Gasteiger partial charge in [0, 0.05) is 17.8 Å². The summed E-state index contributed by atoms with van der Waals surface area (Å²) in [4.78, 5) is 29.6. The maximum Gasteiger partial charge on any atom is 0.349 e. The van der Waals surface area contributed by atoms with E-state index in [1.165, 1.54) is 4.52 Å². The summed E-state index contributed by atoms with van der Waals surface area (Å²) in [6, 6.07) is 21.1. The minimum atomic E-state index is -0.332. The fraction of sp³-hybridized carbons (Fsp3) is 0.345. The molecule has 0 radical (unpaired) electrons. The third-order valence-corrected chi connectivity index (χ3v) is 6.46. The first kappa shape index (κ1) is 25.4. The normalized spacial score (nSPS) is 12.3. The average molecular weight is 486 g/mol. The molecular formula is C29H35N5O2. The number of hydrogen-bond acceptors (Lipinski definition) is 4. The van der Waals surface area contributed by atoms with Crippen molar-refractivity contribution in [2.75, 3.05) is 13.1 Å². The van der Waals surface area contributed by atoms with E-state index in [0.717, 1.165) is 28.0 Å². The zero-order chi connectivity index (χ0) is 25.8. The number of aryl methyl sites for hydroxylation is 2. The molecule has 188 valence electrons. The summed E-state index contributed by atoms with van der Waals surface area (Å²) in [5.41, 5.74) is 10.6. The number of amides is 1. The lowest BCUT2D eigenvalue weighted by molar-refractivity contribution is 0.0609. The van der Waals surface area contributed by atoms with Crippen molar-refractivity contribution in [3.63, 3.8) is 0 Å². The van der Waals surface area contributed by atoms with Gasteiger partial charge in [0.25, 0.3) is 5.91 Å². The van der Waals surface area contributed by atoms with Crippen LogP contribution in [0.15, 0.2) is 71.5 Å². The fourth-order valence-corrected chi connectivity index (χ4v) is 4.83. The average Bonchev–Trinajstić information content (AvgIpc) is 3.24. The molecule has 7 nitrogen and oxygen atoms in total. The van der Waals surface area contributed by atoms with Gasteiger partial charge < -0.3 is 10.6 Å². The summed E-state index contributed by atoms with van der Waals surface area (Å²) >= 11 is 0. The SMILES string of the molecule is Cc1cccc(C(=O)N(CCCN)[C@@H](c2cc3cc(C)nn3c(=O)n2Cc2ccccc2)C(C)C)c1. The molecule has 2 aromatic heterocycles. The van der Waals surface area contributed by atoms with Gasteiger partial charge in [-0.3, -0.25) is 9.36 Å². The number of nitrogens with two attached hydrogens (primary N) is 1. The highest BCUT2D eigenvalue weighted by Gasteiger charge is 2.31. The van der Waals surface area contributed by atoms with Gasteiger partial charge in [-0.15, -0.1) is 0 Å². The molecule has 2 heterocycles. The summed E-state index contributed by atoms with van der Waals surface area (Å²) in [6.45, 7) is 9.39. The molecule has 0 saturated carbocycles. The van der Waals surface area contributed by atoms with E-state index in [-0.39, 0.29) is 23.6 Å². The van der Waals surface area contributed by atoms with Crippen LogP contribution < -0.4 is 11.4 Å². The Bertz CT molecular complexity index is 1400. The van der Waals surface area contributed by atoms with Crippen molar-refractivity contribution in [3.05, 3.63) is 105 Å². The van der Waals surface area contributed by atoms with Crippen LogP contribution in [0.2, 0.25) is 0 Å². The quantitative estimate of drug-likeness (QED) is 0.382. The van der Waals surface area contributed by atoms with Crippen molar-refractivity contribution >= 4 is 11.4 Å². The van der Waals surface area contributed by atoms with Crippen LogP contribution in [0.1, 0.15) is 59.2 Å². The minimum Gasteiger partial charge on any atom is -0.330 e. The van der Waals surface area contributed by atoms with Gasteiger partial charge in [0.1, 0.15) is 0 Å². The smallest absolute Gasteiger partial charge is 0.330 e. The highest BCUT2D eigenvalue weighted by Crippen LogP contribution is 2.31. The topological polar surface area (TPSA) is 85.6 Å². The van der Waals surface area contributed by atoms with Crippen molar-refractivity contribution < 1.29 is 4.79 Å². The molecule has 1 amide bonds. The molecule has 0 aliphatic rings. The predicted molar refractivity (Wildman–Crippen MR) is 143 cm³/mol. The van der Waals surface area contributed by atoms with E-state index in [9.17, 15) is 9.59 Å². The highest BCUT2D eigenvalue weighted by atomic mass is 16.2. The molecule has 2 N–H and O–H groups in total. The molecule has 0 unspecified atom stereocenters. The van der Waals surface area contributed by atoms with Gasteiger partial charge in [-0.1, -0.05) is 61.9 Å². The largest absolute Gasteiger partial charge is 0.349 e. The highest BCUT2D eigenvalue weighted by molar-refractivity contribution is 5.94. The second-order valence-electron chi connectivity index (χ2n) is 9.75. The number of benzene rings is 2. The Balaban J connectivity index is 1.91. The molecule has 0 saturated heterocycles. The van der Waals surface area contributed by atoms with E-state index in [0.29, 0.717) is 31.6 Å². The van der Waals surface area contributed by atoms with E-state index >= 15 is 0 Å². The third-order valence-electron chi connectivity index (χ3n) is 6.46. The van der Waals surface area contributed by atoms with Crippen molar-refractivity contribution in [1.29, 1.82) is 0 Å². The van der Waals surface area contributed by atoms with Gasteiger partial charge in [-0.25, -0.2) is 4.79 Å². The van der Waals surface area contributed by atoms with Crippen LogP contribution >= 0.6 is 0 Å². The first-order valence-electron chi connectivity index (χ1n) is 12.5. The molecule has 0 aliphatic carbocycles. The number of carbonyl (C=O) groups excluding carboxylic acids is 1. The summed E-state index contributed by atoms with van der Waals surface area (Å²) in [7, 11) is 0. The maximum atomic E-state index is 13.9. The molecule has 36 heavy (non-hydrogen) atoms. The summed E-state index contributed by atoms with van der Waals surface area (Å²) in [5.74, 6) is -0.0152. The first-order valence-corrected chi connectivity index (χ1v) is 12.5. The second-order valence-corrected chi connectivity index (χ2v) is 9.75. The fourth-order valence-electron chi connectivity index (χ4n) is 4.83. The molecule has 1 atom stereocenters. The summed E-state index contributed by atoms with van der Waals surface area (Å²) in [6.07, 6.45) is 0.664. The van der Waals surface area contributed by atoms with Gasteiger partial charge in [0.2, 0.25) is 0 Å². The molecular weight excluding hydrogens is 450 g/mol. The molecule has 7 heteroatoms. The van der Waals surface area contributed by atoms with Gasteiger partial charge in [0.05, 0.1) is 23.8 Å². The van der Waals surface area contributed by atoms with E-state index in [1.54, 1.807) is 4.57 Å². The van der Waals surface area contributed by atoms with Crippen molar-refractivity contribution in [1.82, 2.24) is 19.1 Å². The Morgan fingerprint density at radius 1 is 1.03 bits per heavy atom. The molecule has 2 aromatic carbocycles. The molecule has 0 aliphatic heterocycles. The molecule has 4 rings (SSSR count). The van der Waals surface area contributed by atoms with Gasteiger partial charge in [-0.05, 0) is 62.6 Å². The Morgan fingerprint density at radius 2 is 1.78 bits per heavy atom. The van der Waals surface area contributed by atoms with E-state index in [1.807, 2.05) is 85.5 Å². The van der Waals surface area contributed by atoms with Crippen LogP contribution in [0.5, 0.6) is 0 Å². The Hall–Kier alpha value is -3.71. The van der Waals surface area contributed by atoms with Crippen LogP contribution in [0.4, 0.5) is 0 Å². The Kier molecular flexibility index (Phi) is 7.70. The lowest BCUT2D eigenvalue weighted by Crippen LogP contribution is -2.42. The van der Waals surface area contributed by atoms with Crippen LogP contribution in [-0.4, -0.2) is 38.1 Å². The van der Waals surface area contributed by atoms with Crippen LogP contribution in [0.25, 0.3) is 5.52 Å². The van der Waals surface area contributed by atoms with Crippen LogP contribution in [0.3, 0.4) is 0 Å². The molecule has 0 spiro atoms. The monoisotopic (exact) mass is 485 g/mol. The van der Waals surface area contributed by atoms with Crippen molar-refractivity contribution in [3.8, 4) is 0 Å².